The SMILES string of the molecule is c1nc(NCC2CC3CCC2C3)cc(N2CCSCC2)n1. The molecule has 3 aliphatic rings. The van der Waals surface area contributed by atoms with Crippen LogP contribution in [0.5, 0.6) is 0 Å². The van der Waals surface area contributed by atoms with Gasteiger partial charge in [-0.3, -0.25) is 0 Å². The molecule has 4 nitrogen and oxygen atoms in total. The molecule has 1 aliphatic heterocycles. The van der Waals surface area contributed by atoms with Crippen molar-refractivity contribution in [2.24, 2.45) is 17.8 Å². The van der Waals surface area contributed by atoms with E-state index in [1.807, 2.05) is 11.8 Å². The van der Waals surface area contributed by atoms with Gasteiger partial charge in [-0.1, -0.05) is 6.42 Å². The molecule has 0 radical (unpaired) electrons. The minimum absolute atomic E-state index is 0.869. The topological polar surface area (TPSA) is 41.1 Å². The molecule has 0 amide bonds. The van der Waals surface area contributed by atoms with Crippen LogP contribution in [0.25, 0.3) is 0 Å². The van der Waals surface area contributed by atoms with E-state index in [1.54, 1.807) is 6.33 Å². The number of anilines is 2. The standard InChI is InChI=1S/C16H24N4S/c1-2-13-7-12(1)8-14(13)10-17-15-9-16(19-11-18-15)20-3-5-21-6-4-20/h9,11-14H,1-8,10H2,(H,17,18,19). The van der Waals surface area contributed by atoms with Crippen LogP contribution in [0, 0.1) is 17.8 Å². The molecule has 3 fully saturated rings. The van der Waals surface area contributed by atoms with E-state index in [1.165, 1.54) is 37.2 Å². The molecule has 1 saturated heterocycles. The van der Waals surface area contributed by atoms with Crippen LogP contribution in [-0.4, -0.2) is 41.1 Å². The predicted octanol–water partition coefficient (Wildman–Crippen LogP) is 2.88. The first-order valence-corrected chi connectivity index (χ1v) is 9.42. The number of nitrogens with one attached hydrogen (secondary N) is 1. The lowest BCUT2D eigenvalue weighted by molar-refractivity contribution is 0.348. The van der Waals surface area contributed by atoms with E-state index in [0.29, 0.717) is 0 Å². The number of nitrogens with zero attached hydrogens (tertiary/aromatic N) is 3. The van der Waals surface area contributed by atoms with Crippen molar-refractivity contribution >= 4 is 23.4 Å². The average molecular weight is 304 g/mol. The minimum Gasteiger partial charge on any atom is -0.370 e. The van der Waals surface area contributed by atoms with Gasteiger partial charge in [0.15, 0.2) is 0 Å². The van der Waals surface area contributed by atoms with E-state index < -0.39 is 0 Å². The third kappa shape index (κ3) is 2.98. The van der Waals surface area contributed by atoms with Crippen molar-refractivity contribution in [1.82, 2.24) is 9.97 Å². The Kier molecular flexibility index (Phi) is 3.93. The summed E-state index contributed by atoms with van der Waals surface area (Å²) in [4.78, 5) is 11.2. The van der Waals surface area contributed by atoms with Gasteiger partial charge in [0.05, 0.1) is 0 Å². The van der Waals surface area contributed by atoms with Crippen LogP contribution in [0.2, 0.25) is 0 Å². The molecule has 2 aliphatic carbocycles. The van der Waals surface area contributed by atoms with E-state index in [9.17, 15) is 0 Å². The summed E-state index contributed by atoms with van der Waals surface area (Å²) in [5, 5.41) is 3.57. The minimum atomic E-state index is 0.869. The Hall–Kier alpha value is -0.970. The van der Waals surface area contributed by atoms with Crippen molar-refractivity contribution in [3.8, 4) is 0 Å². The Morgan fingerprint density at radius 2 is 2.10 bits per heavy atom. The predicted molar refractivity (Wildman–Crippen MR) is 89.0 cm³/mol. The summed E-state index contributed by atoms with van der Waals surface area (Å²) in [7, 11) is 0. The number of fused-ring (bicyclic) bond motifs is 2. The van der Waals surface area contributed by atoms with Gasteiger partial charge in [0.2, 0.25) is 0 Å². The summed E-state index contributed by atoms with van der Waals surface area (Å²) >= 11 is 2.03. The lowest BCUT2D eigenvalue weighted by atomic mass is 9.89. The highest BCUT2D eigenvalue weighted by Gasteiger charge is 2.39. The van der Waals surface area contributed by atoms with Crippen LogP contribution < -0.4 is 10.2 Å². The number of aromatic nitrogens is 2. The highest BCUT2D eigenvalue weighted by atomic mass is 32.2. The number of thioether (sulfide) groups is 1. The van der Waals surface area contributed by atoms with Gasteiger partial charge in [-0.25, -0.2) is 9.97 Å². The molecule has 1 N–H and O–H groups in total. The second kappa shape index (κ2) is 6.03. The van der Waals surface area contributed by atoms with Gasteiger partial charge in [-0.15, -0.1) is 0 Å². The molecule has 4 rings (SSSR count). The molecular formula is C16H24N4S. The molecule has 5 heteroatoms. The van der Waals surface area contributed by atoms with Crippen LogP contribution in [0.4, 0.5) is 11.6 Å². The lowest BCUT2D eigenvalue weighted by Gasteiger charge is -2.27. The second-order valence-corrected chi connectivity index (χ2v) is 7.90. The highest BCUT2D eigenvalue weighted by molar-refractivity contribution is 7.99. The van der Waals surface area contributed by atoms with E-state index >= 15 is 0 Å². The summed E-state index contributed by atoms with van der Waals surface area (Å²) in [6, 6.07) is 2.13. The van der Waals surface area contributed by atoms with Gasteiger partial charge < -0.3 is 10.2 Å². The fourth-order valence-electron chi connectivity index (χ4n) is 4.27. The molecule has 2 saturated carbocycles. The van der Waals surface area contributed by atoms with Crippen molar-refractivity contribution in [2.45, 2.75) is 25.7 Å². The van der Waals surface area contributed by atoms with Crippen LogP contribution in [0.15, 0.2) is 12.4 Å². The lowest BCUT2D eigenvalue weighted by Crippen LogP contribution is -2.33. The van der Waals surface area contributed by atoms with Crippen molar-refractivity contribution in [3.63, 3.8) is 0 Å². The maximum atomic E-state index is 4.45. The second-order valence-electron chi connectivity index (χ2n) is 6.68. The fraction of sp³-hybridized carbons (Fsp3) is 0.750. The first kappa shape index (κ1) is 13.7. The third-order valence-corrected chi connectivity index (χ3v) is 6.36. The molecule has 2 bridgehead atoms. The van der Waals surface area contributed by atoms with Gasteiger partial charge in [0, 0.05) is 37.2 Å². The van der Waals surface area contributed by atoms with Crippen molar-refractivity contribution in [3.05, 3.63) is 12.4 Å². The van der Waals surface area contributed by atoms with Crippen LogP contribution >= 0.6 is 11.8 Å². The van der Waals surface area contributed by atoms with Crippen LogP contribution in [0.1, 0.15) is 25.7 Å². The molecule has 0 aromatic carbocycles. The molecule has 21 heavy (non-hydrogen) atoms. The Morgan fingerprint density at radius 3 is 2.86 bits per heavy atom. The number of hydrogen-bond donors (Lipinski definition) is 1. The Morgan fingerprint density at radius 1 is 1.19 bits per heavy atom. The zero-order valence-corrected chi connectivity index (χ0v) is 13.3. The summed E-state index contributed by atoms with van der Waals surface area (Å²) < 4.78 is 0. The van der Waals surface area contributed by atoms with Crippen LogP contribution in [0.3, 0.4) is 0 Å². The summed E-state index contributed by atoms with van der Waals surface area (Å²) in [5.74, 6) is 7.36. The van der Waals surface area contributed by atoms with E-state index in [2.05, 4.69) is 26.3 Å². The maximum Gasteiger partial charge on any atom is 0.134 e. The quantitative estimate of drug-likeness (QED) is 0.926. The molecule has 0 spiro atoms. The van der Waals surface area contributed by atoms with Crippen molar-refractivity contribution in [1.29, 1.82) is 0 Å². The van der Waals surface area contributed by atoms with Gasteiger partial charge in [-0.2, -0.15) is 11.8 Å². The number of rotatable bonds is 4. The van der Waals surface area contributed by atoms with E-state index in [-0.39, 0.29) is 0 Å². The highest BCUT2D eigenvalue weighted by Crippen LogP contribution is 2.48. The largest absolute Gasteiger partial charge is 0.370 e. The zero-order chi connectivity index (χ0) is 14.1. The van der Waals surface area contributed by atoms with E-state index in [0.717, 1.165) is 49.0 Å². The van der Waals surface area contributed by atoms with Gasteiger partial charge in [-0.05, 0) is 37.0 Å². The summed E-state index contributed by atoms with van der Waals surface area (Å²) in [6.07, 6.45) is 7.55. The molecule has 3 atom stereocenters. The molecule has 3 unspecified atom stereocenters. The van der Waals surface area contributed by atoms with Crippen molar-refractivity contribution in [2.75, 3.05) is 41.4 Å². The maximum absolute atomic E-state index is 4.45. The average Bonchev–Trinajstić information content (AvgIpc) is 3.17. The van der Waals surface area contributed by atoms with Gasteiger partial charge in [0.25, 0.3) is 0 Å². The Balaban J connectivity index is 1.36. The zero-order valence-electron chi connectivity index (χ0n) is 12.5. The van der Waals surface area contributed by atoms with Crippen molar-refractivity contribution < 1.29 is 0 Å². The number of hydrogen-bond acceptors (Lipinski definition) is 5. The monoisotopic (exact) mass is 304 g/mol. The van der Waals surface area contributed by atoms with E-state index in [4.69, 9.17) is 0 Å². The smallest absolute Gasteiger partial charge is 0.134 e. The summed E-state index contributed by atoms with van der Waals surface area (Å²) in [5.41, 5.74) is 0. The molecule has 114 valence electrons. The molecule has 1 aromatic rings. The Labute approximate surface area is 131 Å². The first-order chi connectivity index (χ1) is 10.4. The molecule has 1 aromatic heterocycles. The normalized spacial score (nSPS) is 31.6. The van der Waals surface area contributed by atoms with Gasteiger partial charge in [0.1, 0.15) is 18.0 Å². The molecule has 2 heterocycles. The third-order valence-electron chi connectivity index (χ3n) is 5.42. The summed E-state index contributed by atoms with van der Waals surface area (Å²) in [6.45, 7) is 3.30. The fourth-order valence-corrected chi connectivity index (χ4v) is 5.17. The Bertz CT molecular complexity index is 489. The van der Waals surface area contributed by atoms with Gasteiger partial charge >= 0.3 is 0 Å². The van der Waals surface area contributed by atoms with Crippen LogP contribution in [-0.2, 0) is 0 Å². The first-order valence-electron chi connectivity index (χ1n) is 8.27. The molecular weight excluding hydrogens is 280 g/mol.